The maximum absolute atomic E-state index is 5.33. The van der Waals surface area contributed by atoms with Gasteiger partial charge in [0.05, 0.1) is 0 Å². The predicted molar refractivity (Wildman–Crippen MR) is 79.9 cm³/mol. The monoisotopic (exact) mass is 256 g/mol. The van der Waals surface area contributed by atoms with Crippen molar-refractivity contribution in [3.63, 3.8) is 0 Å². The fraction of sp³-hybridized carbons (Fsp3) is 0.267. The van der Waals surface area contributed by atoms with Gasteiger partial charge in [0.25, 0.3) is 0 Å². The molecule has 0 bridgehead atoms. The van der Waals surface area contributed by atoms with Gasteiger partial charge in [0.1, 0.15) is 5.82 Å². The lowest BCUT2D eigenvalue weighted by atomic mass is 10.0. The molecule has 1 aromatic carbocycles. The van der Waals surface area contributed by atoms with Crippen LogP contribution in [0.15, 0.2) is 42.6 Å². The summed E-state index contributed by atoms with van der Waals surface area (Å²) in [5, 5.41) is 3.35. The minimum atomic E-state index is 0.570. The Bertz CT molecular complexity index is 520. The molecular weight excluding hydrogens is 236 g/mol. The summed E-state index contributed by atoms with van der Waals surface area (Å²) in [5.74, 6) is 6.55. The standard InChI is InChI=1S/C15H20N4/c1-11(2)13-5-3-12(4-6-13)10-18-14-7-8-17-15(9-14)19-16/h3-9,11H,10,16H2,1-2H3,(H2,17,18,19). The van der Waals surface area contributed by atoms with Crippen LogP contribution in [-0.2, 0) is 6.54 Å². The lowest BCUT2D eigenvalue weighted by molar-refractivity contribution is 0.865. The molecule has 0 aliphatic carbocycles. The zero-order valence-electron chi connectivity index (χ0n) is 11.4. The number of rotatable bonds is 5. The Hall–Kier alpha value is -2.07. The van der Waals surface area contributed by atoms with Crippen molar-refractivity contribution < 1.29 is 0 Å². The average molecular weight is 256 g/mol. The molecule has 2 aromatic rings. The molecule has 19 heavy (non-hydrogen) atoms. The van der Waals surface area contributed by atoms with Crippen molar-refractivity contribution >= 4 is 11.5 Å². The van der Waals surface area contributed by atoms with E-state index in [0.717, 1.165) is 12.2 Å². The second-order valence-electron chi connectivity index (χ2n) is 4.82. The summed E-state index contributed by atoms with van der Waals surface area (Å²) in [6.45, 7) is 5.18. The maximum Gasteiger partial charge on any atom is 0.141 e. The number of hydrazine groups is 1. The van der Waals surface area contributed by atoms with Crippen molar-refractivity contribution in [2.45, 2.75) is 26.3 Å². The van der Waals surface area contributed by atoms with Gasteiger partial charge in [-0.25, -0.2) is 10.8 Å². The highest BCUT2D eigenvalue weighted by molar-refractivity contribution is 5.51. The van der Waals surface area contributed by atoms with Crippen molar-refractivity contribution in [3.8, 4) is 0 Å². The molecule has 1 heterocycles. The molecule has 2 rings (SSSR count). The summed E-state index contributed by atoms with van der Waals surface area (Å²) in [6.07, 6.45) is 1.72. The molecule has 0 aliphatic rings. The van der Waals surface area contributed by atoms with Gasteiger partial charge in [-0.2, -0.15) is 0 Å². The molecule has 4 heteroatoms. The number of hydrogen-bond donors (Lipinski definition) is 3. The number of pyridine rings is 1. The largest absolute Gasteiger partial charge is 0.381 e. The molecule has 0 saturated heterocycles. The van der Waals surface area contributed by atoms with Crippen LogP contribution in [0.25, 0.3) is 0 Å². The highest BCUT2D eigenvalue weighted by Crippen LogP contribution is 2.16. The number of nitrogens with one attached hydrogen (secondary N) is 2. The molecule has 100 valence electrons. The van der Waals surface area contributed by atoms with Gasteiger partial charge in [0, 0.05) is 24.5 Å². The van der Waals surface area contributed by atoms with E-state index in [4.69, 9.17) is 5.84 Å². The Balaban J connectivity index is 1.98. The molecule has 0 radical (unpaired) electrons. The van der Waals surface area contributed by atoms with Crippen LogP contribution in [0.4, 0.5) is 11.5 Å². The number of nitrogens with two attached hydrogens (primary N) is 1. The van der Waals surface area contributed by atoms with Crippen LogP contribution in [0, 0.1) is 0 Å². The molecule has 0 atom stereocenters. The first-order valence-electron chi connectivity index (χ1n) is 6.44. The number of nitrogens with zero attached hydrogens (tertiary/aromatic N) is 1. The second kappa shape index (κ2) is 6.20. The maximum atomic E-state index is 5.33. The van der Waals surface area contributed by atoms with Gasteiger partial charge >= 0.3 is 0 Å². The molecule has 0 aliphatic heterocycles. The summed E-state index contributed by atoms with van der Waals surface area (Å²) in [5.41, 5.74) is 6.15. The average Bonchev–Trinajstić information content (AvgIpc) is 2.46. The van der Waals surface area contributed by atoms with E-state index in [2.05, 4.69) is 53.8 Å². The number of anilines is 2. The SMILES string of the molecule is CC(C)c1ccc(CNc2ccnc(NN)c2)cc1. The molecule has 0 saturated carbocycles. The smallest absolute Gasteiger partial charge is 0.141 e. The van der Waals surface area contributed by atoms with Crippen LogP contribution in [0.5, 0.6) is 0 Å². The second-order valence-corrected chi connectivity index (χ2v) is 4.82. The Morgan fingerprint density at radius 3 is 2.53 bits per heavy atom. The summed E-state index contributed by atoms with van der Waals surface area (Å²) >= 11 is 0. The number of benzene rings is 1. The lowest BCUT2D eigenvalue weighted by Gasteiger charge is -2.09. The molecule has 4 nitrogen and oxygen atoms in total. The van der Waals surface area contributed by atoms with Crippen LogP contribution in [-0.4, -0.2) is 4.98 Å². The number of nitrogen functional groups attached to an aromatic ring is 1. The van der Waals surface area contributed by atoms with Gasteiger partial charge in [-0.1, -0.05) is 38.1 Å². The fourth-order valence-electron chi connectivity index (χ4n) is 1.84. The van der Waals surface area contributed by atoms with Gasteiger partial charge in [-0.05, 0) is 23.1 Å². The zero-order valence-corrected chi connectivity index (χ0v) is 11.4. The van der Waals surface area contributed by atoms with Crippen LogP contribution < -0.4 is 16.6 Å². The van der Waals surface area contributed by atoms with Crippen molar-refractivity contribution in [2.75, 3.05) is 10.7 Å². The van der Waals surface area contributed by atoms with Crippen LogP contribution >= 0.6 is 0 Å². The highest BCUT2D eigenvalue weighted by atomic mass is 15.2. The van der Waals surface area contributed by atoms with Gasteiger partial charge in [0.2, 0.25) is 0 Å². The van der Waals surface area contributed by atoms with Gasteiger partial charge in [-0.3, -0.25) is 0 Å². The van der Waals surface area contributed by atoms with Gasteiger partial charge < -0.3 is 10.7 Å². The molecule has 1 aromatic heterocycles. The topological polar surface area (TPSA) is 63.0 Å². The Labute approximate surface area is 114 Å². The Morgan fingerprint density at radius 1 is 1.16 bits per heavy atom. The van der Waals surface area contributed by atoms with E-state index < -0.39 is 0 Å². The fourth-order valence-corrected chi connectivity index (χ4v) is 1.84. The molecule has 0 fully saturated rings. The zero-order chi connectivity index (χ0) is 13.7. The van der Waals surface area contributed by atoms with Crippen molar-refractivity contribution in [1.82, 2.24) is 4.98 Å². The normalized spacial score (nSPS) is 10.5. The molecule has 0 spiro atoms. The molecular formula is C15H20N4. The molecule has 0 amide bonds. The summed E-state index contributed by atoms with van der Waals surface area (Å²) < 4.78 is 0. The third-order valence-corrected chi connectivity index (χ3v) is 3.05. The van der Waals surface area contributed by atoms with Crippen LogP contribution in [0.1, 0.15) is 30.9 Å². The summed E-state index contributed by atoms with van der Waals surface area (Å²) in [7, 11) is 0. The molecule has 0 unspecified atom stereocenters. The minimum absolute atomic E-state index is 0.570. The number of aromatic nitrogens is 1. The van der Waals surface area contributed by atoms with Crippen LogP contribution in [0.3, 0.4) is 0 Å². The first-order chi connectivity index (χ1) is 9.19. The first kappa shape index (κ1) is 13.4. The summed E-state index contributed by atoms with van der Waals surface area (Å²) in [4.78, 5) is 4.07. The Morgan fingerprint density at radius 2 is 1.89 bits per heavy atom. The van der Waals surface area contributed by atoms with E-state index >= 15 is 0 Å². The highest BCUT2D eigenvalue weighted by Gasteiger charge is 1.99. The third kappa shape index (κ3) is 3.69. The van der Waals surface area contributed by atoms with E-state index in [0.29, 0.717) is 11.7 Å². The lowest BCUT2D eigenvalue weighted by Crippen LogP contribution is -2.09. The van der Waals surface area contributed by atoms with Gasteiger partial charge in [0.15, 0.2) is 0 Å². The van der Waals surface area contributed by atoms with E-state index in [9.17, 15) is 0 Å². The quantitative estimate of drug-likeness (QED) is 0.568. The Kier molecular flexibility index (Phi) is 4.36. The first-order valence-corrected chi connectivity index (χ1v) is 6.44. The molecule has 4 N–H and O–H groups in total. The van der Waals surface area contributed by atoms with Crippen molar-refractivity contribution in [2.24, 2.45) is 5.84 Å². The van der Waals surface area contributed by atoms with Crippen LogP contribution in [0.2, 0.25) is 0 Å². The van der Waals surface area contributed by atoms with Crippen molar-refractivity contribution in [3.05, 3.63) is 53.7 Å². The van der Waals surface area contributed by atoms with E-state index in [1.165, 1.54) is 11.1 Å². The number of hydrogen-bond acceptors (Lipinski definition) is 4. The van der Waals surface area contributed by atoms with E-state index in [1.807, 2.05) is 12.1 Å². The summed E-state index contributed by atoms with van der Waals surface area (Å²) in [6, 6.07) is 12.5. The van der Waals surface area contributed by atoms with Gasteiger partial charge in [-0.15, -0.1) is 0 Å². The van der Waals surface area contributed by atoms with E-state index in [1.54, 1.807) is 6.20 Å². The van der Waals surface area contributed by atoms with E-state index in [-0.39, 0.29) is 0 Å². The third-order valence-electron chi connectivity index (χ3n) is 3.05. The predicted octanol–water partition coefficient (Wildman–Crippen LogP) is 3.10. The van der Waals surface area contributed by atoms with Crippen molar-refractivity contribution in [1.29, 1.82) is 0 Å². The minimum Gasteiger partial charge on any atom is -0.381 e.